The lowest BCUT2D eigenvalue weighted by atomic mass is 10.5. The van der Waals surface area contributed by atoms with Gasteiger partial charge in [0.2, 0.25) is 0 Å². The summed E-state index contributed by atoms with van der Waals surface area (Å²) >= 11 is 4.37. The van der Waals surface area contributed by atoms with Gasteiger partial charge in [-0.25, -0.2) is 0 Å². The lowest BCUT2D eigenvalue weighted by Crippen LogP contribution is -2.29. The maximum absolute atomic E-state index is 2.56. The van der Waals surface area contributed by atoms with Gasteiger partial charge in [0, 0.05) is 10.00 Å². The van der Waals surface area contributed by atoms with Gasteiger partial charge < -0.3 is 0 Å². The van der Waals surface area contributed by atoms with Gasteiger partial charge in [-0.15, -0.1) is 23.5 Å². The van der Waals surface area contributed by atoms with Crippen LogP contribution in [0.3, 0.4) is 0 Å². The van der Waals surface area contributed by atoms with Gasteiger partial charge in [0.15, 0.2) is 0 Å². The normalized spacial score (nSPS) is 45.0. The summed E-state index contributed by atoms with van der Waals surface area (Å²) in [4.78, 5) is 2.56. The van der Waals surface area contributed by atoms with E-state index in [-0.39, 0.29) is 0 Å². The van der Waals surface area contributed by atoms with Crippen molar-refractivity contribution in [2.24, 2.45) is 0 Å². The van der Waals surface area contributed by atoms with Crippen LogP contribution >= 0.6 is 23.5 Å². The first-order valence-corrected chi connectivity index (χ1v) is 6.59. The highest BCUT2D eigenvalue weighted by atomic mass is 32.2. The van der Waals surface area contributed by atoms with E-state index >= 15 is 0 Å². The van der Waals surface area contributed by atoms with Crippen LogP contribution in [0.1, 0.15) is 27.2 Å². The van der Waals surface area contributed by atoms with Crippen molar-refractivity contribution in [1.82, 2.24) is 4.90 Å². The Morgan fingerprint density at radius 1 is 1.42 bits per heavy atom. The lowest BCUT2D eigenvalue weighted by molar-refractivity contribution is 0.339. The second-order valence-electron chi connectivity index (χ2n) is 3.79. The van der Waals surface area contributed by atoms with E-state index in [1.807, 2.05) is 0 Å². The Bertz CT molecular complexity index is 181. The van der Waals surface area contributed by atoms with E-state index in [1.165, 1.54) is 19.5 Å². The van der Waals surface area contributed by atoms with Crippen LogP contribution in [0.2, 0.25) is 0 Å². The predicted molar refractivity (Wildman–Crippen MR) is 58.7 cm³/mol. The number of nitrogens with zero attached hydrogens (tertiary/aromatic N) is 1. The van der Waals surface area contributed by atoms with Crippen molar-refractivity contribution in [2.75, 3.05) is 13.1 Å². The van der Waals surface area contributed by atoms with Crippen LogP contribution in [-0.2, 0) is 0 Å². The third-order valence-corrected chi connectivity index (χ3v) is 6.68. The molecule has 0 radical (unpaired) electrons. The van der Waals surface area contributed by atoms with Crippen molar-refractivity contribution in [1.29, 1.82) is 0 Å². The van der Waals surface area contributed by atoms with Gasteiger partial charge in [-0.1, -0.05) is 13.8 Å². The zero-order chi connectivity index (χ0) is 8.77. The van der Waals surface area contributed by atoms with Crippen LogP contribution in [-0.4, -0.2) is 32.7 Å². The maximum atomic E-state index is 2.56. The van der Waals surface area contributed by atoms with E-state index in [0.717, 1.165) is 9.96 Å². The predicted octanol–water partition coefficient (Wildman–Crippen LogP) is 2.62. The monoisotopic (exact) mass is 203 g/mol. The molecular weight excluding hydrogens is 186 g/mol. The minimum Gasteiger partial charge on any atom is -0.284 e. The molecule has 3 heteroatoms. The van der Waals surface area contributed by atoms with Crippen LogP contribution < -0.4 is 0 Å². The smallest absolute Gasteiger partial charge is 0.104 e. The Kier molecular flexibility index (Phi) is 2.39. The van der Waals surface area contributed by atoms with Gasteiger partial charge in [0.1, 0.15) is 4.71 Å². The van der Waals surface area contributed by atoms with E-state index in [2.05, 4.69) is 49.2 Å². The van der Waals surface area contributed by atoms with Crippen molar-refractivity contribution in [3.63, 3.8) is 0 Å². The standard InChI is InChI=1S/C9H17NS2/c1-4-10(5-2)8-11-7-6-9(7,3)12-8/h7-8H,4-6H2,1-3H3. The summed E-state index contributed by atoms with van der Waals surface area (Å²) in [7, 11) is 0. The number of hydrogen-bond acceptors (Lipinski definition) is 3. The number of rotatable bonds is 3. The molecule has 12 heavy (non-hydrogen) atoms. The molecule has 70 valence electrons. The van der Waals surface area contributed by atoms with Crippen molar-refractivity contribution >= 4 is 23.5 Å². The molecular formula is C9H17NS2. The highest BCUT2D eigenvalue weighted by Gasteiger charge is 2.59. The summed E-state index contributed by atoms with van der Waals surface area (Å²) in [5, 5.41) is 0.966. The summed E-state index contributed by atoms with van der Waals surface area (Å²) in [6.07, 6.45) is 1.44. The van der Waals surface area contributed by atoms with E-state index in [0.29, 0.717) is 4.75 Å². The Labute approximate surface area is 83.7 Å². The fourth-order valence-corrected chi connectivity index (χ4v) is 6.23. The number of fused-ring (bicyclic) bond motifs is 1. The quantitative estimate of drug-likeness (QED) is 0.694. The van der Waals surface area contributed by atoms with Crippen LogP contribution in [0.25, 0.3) is 0 Å². The minimum atomic E-state index is 0.651. The Morgan fingerprint density at radius 3 is 2.50 bits per heavy atom. The molecule has 0 N–H and O–H groups in total. The zero-order valence-corrected chi connectivity index (χ0v) is 9.67. The molecule has 1 aliphatic carbocycles. The van der Waals surface area contributed by atoms with Crippen molar-refractivity contribution < 1.29 is 0 Å². The molecule has 1 nitrogen and oxygen atoms in total. The molecule has 3 unspecified atom stereocenters. The highest BCUT2D eigenvalue weighted by Crippen LogP contribution is 2.66. The molecule has 0 spiro atoms. The second kappa shape index (κ2) is 3.10. The van der Waals surface area contributed by atoms with Gasteiger partial charge in [-0.2, -0.15) is 0 Å². The molecule has 1 heterocycles. The molecule has 2 aliphatic rings. The summed E-state index contributed by atoms with van der Waals surface area (Å²) < 4.78 is 1.40. The number of thioether (sulfide) groups is 2. The molecule has 2 fully saturated rings. The summed E-state index contributed by atoms with van der Waals surface area (Å²) in [6, 6.07) is 0. The fourth-order valence-electron chi connectivity index (χ4n) is 1.71. The van der Waals surface area contributed by atoms with Crippen molar-refractivity contribution in [3.05, 3.63) is 0 Å². The summed E-state index contributed by atoms with van der Waals surface area (Å²) in [5.41, 5.74) is 0. The van der Waals surface area contributed by atoms with E-state index in [9.17, 15) is 0 Å². The first-order valence-electron chi connectivity index (χ1n) is 4.77. The first-order chi connectivity index (χ1) is 5.69. The third kappa shape index (κ3) is 1.40. The van der Waals surface area contributed by atoms with Crippen LogP contribution in [0.15, 0.2) is 0 Å². The highest BCUT2D eigenvalue weighted by molar-refractivity contribution is 8.22. The molecule has 2 rings (SSSR count). The lowest BCUT2D eigenvalue weighted by Gasteiger charge is -2.26. The molecule has 0 aromatic heterocycles. The maximum Gasteiger partial charge on any atom is 0.104 e. The third-order valence-electron chi connectivity index (χ3n) is 2.87. The Hall–Kier alpha value is 0.660. The topological polar surface area (TPSA) is 3.24 Å². The van der Waals surface area contributed by atoms with Crippen LogP contribution in [0, 0.1) is 0 Å². The van der Waals surface area contributed by atoms with E-state index in [1.54, 1.807) is 0 Å². The molecule has 1 saturated carbocycles. The average molecular weight is 203 g/mol. The minimum absolute atomic E-state index is 0.651. The van der Waals surface area contributed by atoms with Gasteiger partial charge in [-0.3, -0.25) is 4.90 Å². The largest absolute Gasteiger partial charge is 0.284 e. The van der Waals surface area contributed by atoms with Gasteiger partial charge >= 0.3 is 0 Å². The number of hydrogen-bond donors (Lipinski definition) is 0. The molecule has 0 aromatic rings. The Morgan fingerprint density at radius 2 is 2.08 bits per heavy atom. The second-order valence-corrected chi connectivity index (χ2v) is 6.99. The van der Waals surface area contributed by atoms with Crippen LogP contribution in [0.4, 0.5) is 0 Å². The fraction of sp³-hybridized carbons (Fsp3) is 1.00. The molecule has 0 aromatic carbocycles. The molecule has 0 amide bonds. The zero-order valence-electron chi connectivity index (χ0n) is 8.04. The van der Waals surface area contributed by atoms with E-state index < -0.39 is 0 Å². The summed E-state index contributed by atoms with van der Waals surface area (Å²) in [5.74, 6) is 0. The van der Waals surface area contributed by atoms with Gasteiger partial charge in [0.05, 0.1) is 0 Å². The summed E-state index contributed by atoms with van der Waals surface area (Å²) in [6.45, 7) is 9.33. The van der Waals surface area contributed by atoms with E-state index in [4.69, 9.17) is 0 Å². The van der Waals surface area contributed by atoms with Crippen molar-refractivity contribution in [2.45, 2.75) is 41.9 Å². The average Bonchev–Trinajstić information content (AvgIpc) is 2.53. The molecule has 0 bridgehead atoms. The van der Waals surface area contributed by atoms with Crippen LogP contribution in [0.5, 0.6) is 0 Å². The Balaban J connectivity index is 1.91. The van der Waals surface area contributed by atoms with Gasteiger partial charge in [0.25, 0.3) is 0 Å². The van der Waals surface area contributed by atoms with Gasteiger partial charge in [-0.05, 0) is 26.4 Å². The van der Waals surface area contributed by atoms with Crippen molar-refractivity contribution in [3.8, 4) is 0 Å². The molecule has 1 saturated heterocycles. The SMILES string of the molecule is CCN(CC)C1SC2CC2(C)S1. The molecule has 1 aliphatic heterocycles. The molecule has 3 atom stereocenters. The first kappa shape index (κ1) is 9.22.